The van der Waals surface area contributed by atoms with Crippen molar-refractivity contribution < 1.29 is 19.7 Å². The average molecular weight is 316 g/mol. The van der Waals surface area contributed by atoms with Gasteiger partial charge in [0, 0.05) is 12.7 Å². The first-order valence-corrected chi connectivity index (χ1v) is 7.38. The van der Waals surface area contributed by atoms with Gasteiger partial charge in [0.2, 0.25) is 0 Å². The van der Waals surface area contributed by atoms with Gasteiger partial charge in [0.05, 0.1) is 5.60 Å². The Morgan fingerprint density at radius 3 is 1.78 bits per heavy atom. The number of carbonyl (C=O) groups is 1. The molecule has 1 atom stereocenters. The summed E-state index contributed by atoms with van der Waals surface area (Å²) < 4.78 is 5.30. The molecule has 2 aromatic rings. The molecule has 2 rings (SSSR count). The fourth-order valence-electron chi connectivity index (χ4n) is 1.78. The molecule has 124 valence electrons. The number of hydrogen-bond donors (Lipinski definition) is 1. The van der Waals surface area contributed by atoms with Crippen molar-refractivity contribution in [2.75, 3.05) is 7.11 Å². The van der Waals surface area contributed by atoms with Crippen molar-refractivity contribution in [1.82, 2.24) is 0 Å². The second-order valence-electron chi connectivity index (χ2n) is 5.96. The van der Waals surface area contributed by atoms with Crippen LogP contribution in [-0.2, 0) is 9.62 Å². The molecule has 4 heteroatoms. The number of carbonyl (C=O) groups excluding carboxylic acids is 1. The molecule has 23 heavy (non-hydrogen) atoms. The molecule has 0 saturated heterocycles. The van der Waals surface area contributed by atoms with Gasteiger partial charge in [0.1, 0.15) is 6.10 Å². The minimum Gasteiger partial charge on any atom is -0.369 e. The maximum absolute atomic E-state index is 12.3. The van der Waals surface area contributed by atoms with E-state index in [0.717, 1.165) is 5.56 Å². The third-order valence-corrected chi connectivity index (χ3v) is 2.91. The van der Waals surface area contributed by atoms with E-state index in [1.165, 1.54) is 0 Å². The van der Waals surface area contributed by atoms with Gasteiger partial charge >= 0.3 is 0 Å². The van der Waals surface area contributed by atoms with Crippen LogP contribution >= 0.6 is 0 Å². The molecule has 0 aliphatic carbocycles. The number of ether oxygens (including phenoxy) is 1. The highest BCUT2D eigenvalue weighted by Gasteiger charge is 2.20. The summed E-state index contributed by atoms with van der Waals surface area (Å²) in [5.41, 5.74) is 1.15. The molecule has 0 amide bonds. The van der Waals surface area contributed by atoms with Gasteiger partial charge in [-0.3, -0.25) is 10.1 Å². The van der Waals surface area contributed by atoms with Crippen molar-refractivity contribution in [2.24, 2.45) is 0 Å². The van der Waals surface area contributed by atoms with Crippen LogP contribution < -0.4 is 0 Å². The number of rotatable bonds is 4. The lowest BCUT2D eigenvalue weighted by Crippen LogP contribution is -2.15. The fraction of sp³-hybridized carbons (Fsp3) is 0.316. The molecule has 0 saturated carbocycles. The molecule has 2 aromatic carbocycles. The topological polar surface area (TPSA) is 55.8 Å². The summed E-state index contributed by atoms with van der Waals surface area (Å²) in [4.78, 5) is 16.2. The molecule has 1 unspecified atom stereocenters. The number of hydrogen-bond acceptors (Lipinski definition) is 4. The highest BCUT2D eigenvalue weighted by Crippen LogP contribution is 2.21. The van der Waals surface area contributed by atoms with Crippen LogP contribution in [0.5, 0.6) is 0 Å². The van der Waals surface area contributed by atoms with Crippen molar-refractivity contribution in [3.63, 3.8) is 0 Å². The maximum atomic E-state index is 12.3. The average Bonchev–Trinajstić information content (AvgIpc) is 2.57. The van der Waals surface area contributed by atoms with Gasteiger partial charge in [-0.2, -0.15) is 0 Å². The van der Waals surface area contributed by atoms with Gasteiger partial charge in [-0.1, -0.05) is 60.7 Å². The van der Waals surface area contributed by atoms with E-state index in [2.05, 4.69) is 4.89 Å². The SMILES string of the molecule is CC(C)(C)OO.COC(C(=O)c1ccccc1)c1ccccc1. The van der Waals surface area contributed by atoms with Gasteiger partial charge in [-0.05, 0) is 26.3 Å². The van der Waals surface area contributed by atoms with Gasteiger partial charge in [-0.25, -0.2) is 4.89 Å². The van der Waals surface area contributed by atoms with E-state index in [1.807, 2.05) is 48.5 Å². The Labute approximate surface area is 137 Å². The van der Waals surface area contributed by atoms with Crippen LogP contribution in [0.25, 0.3) is 0 Å². The normalized spacial score (nSPS) is 12.0. The quantitative estimate of drug-likeness (QED) is 0.511. The molecule has 0 aliphatic heterocycles. The third-order valence-electron chi connectivity index (χ3n) is 2.91. The summed E-state index contributed by atoms with van der Waals surface area (Å²) in [5.74, 6) is -0.0145. The van der Waals surface area contributed by atoms with E-state index in [0.29, 0.717) is 5.56 Å². The second-order valence-corrected chi connectivity index (χ2v) is 5.96. The Kier molecular flexibility index (Phi) is 7.62. The number of methoxy groups -OCH3 is 1. The van der Waals surface area contributed by atoms with Crippen LogP contribution in [0.15, 0.2) is 60.7 Å². The van der Waals surface area contributed by atoms with Crippen LogP contribution in [-0.4, -0.2) is 23.8 Å². The predicted molar refractivity (Wildman–Crippen MR) is 90.4 cm³/mol. The highest BCUT2D eigenvalue weighted by atomic mass is 17.1. The predicted octanol–water partition coefficient (Wildman–Crippen LogP) is 4.53. The van der Waals surface area contributed by atoms with Crippen LogP contribution in [0.3, 0.4) is 0 Å². The van der Waals surface area contributed by atoms with Crippen LogP contribution in [0.2, 0.25) is 0 Å². The van der Waals surface area contributed by atoms with E-state index < -0.39 is 11.7 Å². The van der Waals surface area contributed by atoms with Gasteiger partial charge < -0.3 is 4.74 Å². The molecule has 0 aromatic heterocycles. The van der Waals surface area contributed by atoms with Gasteiger partial charge in [0.25, 0.3) is 0 Å². The Bertz CT molecular complexity index is 573. The minimum absolute atomic E-state index is 0.0145. The number of benzene rings is 2. The summed E-state index contributed by atoms with van der Waals surface area (Å²) in [6.07, 6.45) is -0.529. The molecule has 0 radical (unpaired) electrons. The third kappa shape index (κ3) is 6.74. The van der Waals surface area contributed by atoms with Crippen molar-refractivity contribution in [1.29, 1.82) is 0 Å². The molecular weight excluding hydrogens is 292 g/mol. The van der Waals surface area contributed by atoms with Crippen LogP contribution in [0, 0.1) is 0 Å². The van der Waals surface area contributed by atoms with E-state index >= 15 is 0 Å². The Morgan fingerprint density at radius 1 is 0.957 bits per heavy atom. The zero-order valence-electron chi connectivity index (χ0n) is 14.0. The van der Waals surface area contributed by atoms with E-state index in [-0.39, 0.29) is 5.78 Å². The molecule has 0 heterocycles. The van der Waals surface area contributed by atoms with Crippen LogP contribution in [0.1, 0.15) is 42.8 Å². The first-order valence-electron chi connectivity index (χ1n) is 7.38. The molecule has 0 spiro atoms. The first-order chi connectivity index (χ1) is 10.9. The van der Waals surface area contributed by atoms with E-state index in [4.69, 9.17) is 9.99 Å². The lowest BCUT2D eigenvalue weighted by atomic mass is 10.00. The molecule has 0 fully saturated rings. The zero-order chi connectivity index (χ0) is 17.3. The standard InChI is InChI=1S/C15H14O2.C4H10O2/c1-17-15(13-10-6-3-7-11-13)14(16)12-8-4-2-5-9-12;1-4(2,3)6-5/h2-11,15H,1H3;5H,1-3H3. The lowest BCUT2D eigenvalue weighted by molar-refractivity contribution is -0.306. The Balaban J connectivity index is 0.000000379. The van der Waals surface area contributed by atoms with Crippen molar-refractivity contribution >= 4 is 5.78 Å². The van der Waals surface area contributed by atoms with E-state index in [9.17, 15) is 4.79 Å². The fourth-order valence-corrected chi connectivity index (χ4v) is 1.78. The number of ketones is 1. The molecule has 0 bridgehead atoms. The van der Waals surface area contributed by atoms with Crippen molar-refractivity contribution in [3.8, 4) is 0 Å². The van der Waals surface area contributed by atoms with Crippen LogP contribution in [0.4, 0.5) is 0 Å². The van der Waals surface area contributed by atoms with Crippen molar-refractivity contribution in [3.05, 3.63) is 71.8 Å². The summed E-state index contributed by atoms with van der Waals surface area (Å²) in [7, 11) is 1.55. The molecule has 0 aliphatic rings. The Hall–Kier alpha value is -2.01. The first kappa shape index (κ1) is 19.0. The summed E-state index contributed by atoms with van der Waals surface area (Å²) >= 11 is 0. The summed E-state index contributed by atoms with van der Waals surface area (Å²) in [6.45, 7) is 5.31. The van der Waals surface area contributed by atoms with Gasteiger partial charge in [-0.15, -0.1) is 0 Å². The molecule has 4 nitrogen and oxygen atoms in total. The number of Topliss-reactive ketones (excluding diaryl/α,β-unsaturated/α-hetero) is 1. The Morgan fingerprint density at radius 2 is 1.39 bits per heavy atom. The minimum atomic E-state index is -0.529. The largest absolute Gasteiger partial charge is 0.369 e. The zero-order valence-corrected chi connectivity index (χ0v) is 14.0. The molecule has 1 N–H and O–H groups in total. The smallest absolute Gasteiger partial charge is 0.196 e. The second kappa shape index (κ2) is 9.20. The summed E-state index contributed by atoms with van der Waals surface area (Å²) in [5, 5.41) is 7.90. The maximum Gasteiger partial charge on any atom is 0.196 e. The van der Waals surface area contributed by atoms with Gasteiger partial charge in [0.15, 0.2) is 5.78 Å². The van der Waals surface area contributed by atoms with E-state index in [1.54, 1.807) is 40.0 Å². The summed E-state index contributed by atoms with van der Waals surface area (Å²) in [6, 6.07) is 18.7. The lowest BCUT2D eigenvalue weighted by Gasteiger charge is -2.14. The van der Waals surface area contributed by atoms with Crippen molar-refractivity contribution in [2.45, 2.75) is 32.5 Å². The molecular formula is C19H24O4. The monoisotopic (exact) mass is 316 g/mol. The highest BCUT2D eigenvalue weighted by molar-refractivity contribution is 6.00.